The van der Waals surface area contributed by atoms with E-state index in [2.05, 4.69) is 53.5 Å². The van der Waals surface area contributed by atoms with Crippen molar-refractivity contribution in [3.63, 3.8) is 0 Å². The molecule has 8 nitrogen and oxygen atoms in total. The van der Waals surface area contributed by atoms with Gasteiger partial charge in [-0.2, -0.15) is 0 Å². The molecule has 2 aliphatic carbocycles. The van der Waals surface area contributed by atoms with Gasteiger partial charge in [0, 0.05) is 25.0 Å². The lowest BCUT2D eigenvalue weighted by Gasteiger charge is -2.18. The summed E-state index contributed by atoms with van der Waals surface area (Å²) in [6.45, 7) is 10.0. The first-order valence-corrected chi connectivity index (χ1v) is 10.8. The Balaban J connectivity index is 1.32. The van der Waals surface area contributed by atoms with Gasteiger partial charge in [0.05, 0.1) is 18.0 Å². The largest absolute Gasteiger partial charge is 0.443 e. The Labute approximate surface area is 177 Å². The van der Waals surface area contributed by atoms with Gasteiger partial charge in [0.2, 0.25) is 17.7 Å². The fourth-order valence-corrected chi connectivity index (χ4v) is 4.69. The molecule has 1 aromatic heterocycles. The lowest BCUT2D eigenvalue weighted by Crippen LogP contribution is -2.43. The number of hydrogen-bond acceptors (Lipinski definition) is 5. The summed E-state index contributed by atoms with van der Waals surface area (Å²) < 4.78 is 5.78. The van der Waals surface area contributed by atoms with E-state index in [1.54, 1.807) is 6.20 Å². The number of nitrogens with zero attached hydrogens (tertiary/aromatic N) is 3. The molecule has 2 bridgehead atoms. The fourth-order valence-electron chi connectivity index (χ4n) is 4.69. The van der Waals surface area contributed by atoms with Crippen molar-refractivity contribution in [3.8, 4) is 0 Å². The highest BCUT2D eigenvalue weighted by molar-refractivity contribution is 6.06. The van der Waals surface area contributed by atoms with Crippen LogP contribution in [0.4, 0.5) is 0 Å². The number of carbonyl (C=O) groups is 2. The molecule has 4 unspecified atom stereocenters. The summed E-state index contributed by atoms with van der Waals surface area (Å²) >= 11 is 0. The number of aliphatic imine (C=N–C) groups is 1. The number of imide groups is 1. The lowest BCUT2D eigenvalue weighted by molar-refractivity contribution is -0.140. The quantitative estimate of drug-likeness (QED) is 0.319. The molecule has 1 aromatic rings. The Kier molecular flexibility index (Phi) is 5.42. The summed E-state index contributed by atoms with van der Waals surface area (Å²) in [4.78, 5) is 35.8. The van der Waals surface area contributed by atoms with Gasteiger partial charge in [0.25, 0.3) is 0 Å². The van der Waals surface area contributed by atoms with Crippen molar-refractivity contribution in [3.05, 3.63) is 30.0 Å². The highest BCUT2D eigenvalue weighted by Gasteiger charge is 2.58. The number of fused-ring (bicyclic) bond motifs is 5. The average molecular weight is 414 g/mol. The minimum absolute atomic E-state index is 0.0138. The number of aromatic nitrogens is 1. The van der Waals surface area contributed by atoms with Gasteiger partial charge in [-0.15, -0.1) is 0 Å². The predicted molar refractivity (Wildman–Crippen MR) is 112 cm³/mol. The molecule has 3 aliphatic rings. The Morgan fingerprint density at radius 1 is 1.20 bits per heavy atom. The zero-order valence-electron chi connectivity index (χ0n) is 18.1. The second kappa shape index (κ2) is 7.89. The van der Waals surface area contributed by atoms with Crippen molar-refractivity contribution in [2.45, 2.75) is 46.1 Å². The Bertz CT molecular complexity index is 852. The number of nitrogens with one attached hydrogen (secondary N) is 2. The van der Waals surface area contributed by atoms with Gasteiger partial charge in [-0.05, 0) is 25.2 Å². The Morgan fingerprint density at radius 2 is 1.87 bits per heavy atom. The SMILES string of the molecule is CCNC(=NCc1ncc(C(C)(C)C)o1)NCCN1C(=O)C2C3C=CC(C3)C2C1=O. The monoisotopic (exact) mass is 413 g/mol. The van der Waals surface area contributed by atoms with E-state index in [0.717, 1.165) is 12.2 Å². The summed E-state index contributed by atoms with van der Waals surface area (Å²) in [6.07, 6.45) is 6.92. The van der Waals surface area contributed by atoms with Crippen LogP contribution in [0.1, 0.15) is 45.8 Å². The van der Waals surface area contributed by atoms with Crippen LogP contribution in [0.15, 0.2) is 27.8 Å². The molecular formula is C22H31N5O3. The molecule has 2 fully saturated rings. The molecule has 1 saturated heterocycles. The van der Waals surface area contributed by atoms with E-state index < -0.39 is 0 Å². The van der Waals surface area contributed by atoms with E-state index in [1.807, 2.05) is 6.92 Å². The first-order chi connectivity index (χ1) is 14.3. The third-order valence-corrected chi connectivity index (χ3v) is 6.20. The number of amides is 2. The number of allylic oxidation sites excluding steroid dienone is 2. The molecule has 0 radical (unpaired) electrons. The first-order valence-electron chi connectivity index (χ1n) is 10.8. The van der Waals surface area contributed by atoms with Gasteiger partial charge < -0.3 is 15.1 Å². The molecule has 4 rings (SSSR count). The first kappa shape index (κ1) is 20.6. The van der Waals surface area contributed by atoms with Crippen molar-refractivity contribution in [2.75, 3.05) is 19.6 Å². The molecule has 0 spiro atoms. The van der Waals surface area contributed by atoms with Crippen LogP contribution in [0.3, 0.4) is 0 Å². The predicted octanol–water partition coefficient (Wildman–Crippen LogP) is 1.83. The molecule has 2 amide bonds. The summed E-state index contributed by atoms with van der Waals surface area (Å²) in [5.74, 6) is 2.16. The van der Waals surface area contributed by atoms with E-state index in [-0.39, 0.29) is 40.9 Å². The van der Waals surface area contributed by atoms with Crippen molar-refractivity contribution in [2.24, 2.45) is 28.7 Å². The summed E-state index contributed by atoms with van der Waals surface area (Å²) in [7, 11) is 0. The number of oxazole rings is 1. The third kappa shape index (κ3) is 3.75. The molecule has 1 saturated carbocycles. The number of carbonyl (C=O) groups excluding carboxylic acids is 2. The average Bonchev–Trinajstić information content (AvgIpc) is 3.45. The maximum atomic E-state index is 12.8. The second-order valence-electron chi connectivity index (χ2n) is 9.32. The van der Waals surface area contributed by atoms with Gasteiger partial charge in [0.1, 0.15) is 12.3 Å². The lowest BCUT2D eigenvalue weighted by atomic mass is 9.85. The zero-order chi connectivity index (χ0) is 21.5. The maximum absolute atomic E-state index is 12.8. The van der Waals surface area contributed by atoms with Gasteiger partial charge in [-0.3, -0.25) is 14.5 Å². The van der Waals surface area contributed by atoms with E-state index in [9.17, 15) is 9.59 Å². The van der Waals surface area contributed by atoms with E-state index in [1.165, 1.54) is 4.90 Å². The normalized spacial score (nSPS) is 27.9. The summed E-state index contributed by atoms with van der Waals surface area (Å²) in [6, 6.07) is 0. The van der Waals surface area contributed by atoms with E-state index in [4.69, 9.17) is 4.42 Å². The van der Waals surface area contributed by atoms with Gasteiger partial charge >= 0.3 is 0 Å². The minimum atomic E-state index is -0.142. The topological polar surface area (TPSA) is 99.8 Å². The van der Waals surface area contributed by atoms with Crippen molar-refractivity contribution in [1.82, 2.24) is 20.5 Å². The number of rotatable bonds is 6. The number of guanidine groups is 1. The zero-order valence-corrected chi connectivity index (χ0v) is 18.1. The molecule has 30 heavy (non-hydrogen) atoms. The second-order valence-corrected chi connectivity index (χ2v) is 9.32. The smallest absolute Gasteiger partial charge is 0.233 e. The van der Waals surface area contributed by atoms with Crippen LogP contribution < -0.4 is 10.6 Å². The van der Waals surface area contributed by atoms with Crippen molar-refractivity contribution < 1.29 is 14.0 Å². The van der Waals surface area contributed by atoms with E-state index in [0.29, 0.717) is 38.0 Å². The van der Waals surface area contributed by atoms with Crippen LogP contribution >= 0.6 is 0 Å². The van der Waals surface area contributed by atoms with Crippen LogP contribution in [0.2, 0.25) is 0 Å². The van der Waals surface area contributed by atoms with Gasteiger partial charge in [0.15, 0.2) is 5.96 Å². The molecule has 4 atom stereocenters. The van der Waals surface area contributed by atoms with Crippen LogP contribution in [0.5, 0.6) is 0 Å². The highest BCUT2D eigenvalue weighted by Crippen LogP contribution is 2.52. The summed E-state index contributed by atoms with van der Waals surface area (Å²) in [5, 5.41) is 6.38. The Morgan fingerprint density at radius 3 is 2.43 bits per heavy atom. The minimum Gasteiger partial charge on any atom is -0.443 e. The van der Waals surface area contributed by atoms with E-state index >= 15 is 0 Å². The van der Waals surface area contributed by atoms with Crippen LogP contribution in [-0.2, 0) is 21.5 Å². The van der Waals surface area contributed by atoms with Crippen molar-refractivity contribution in [1.29, 1.82) is 0 Å². The fraction of sp³-hybridized carbons (Fsp3) is 0.636. The molecule has 1 aliphatic heterocycles. The standard InChI is InChI=1S/C22H31N5O3/c1-5-23-21(26-12-16-25-11-15(30-16)22(2,3)4)24-8-9-27-19(28)17-13-6-7-14(10-13)18(17)20(27)29/h6-7,11,13-14,17-18H,5,8-10,12H2,1-4H3,(H2,23,24,26). The van der Waals surface area contributed by atoms with Crippen LogP contribution in [0, 0.1) is 23.7 Å². The molecule has 2 heterocycles. The number of hydrogen-bond donors (Lipinski definition) is 2. The maximum Gasteiger partial charge on any atom is 0.233 e. The molecule has 8 heteroatoms. The van der Waals surface area contributed by atoms with Gasteiger partial charge in [-0.25, -0.2) is 9.98 Å². The van der Waals surface area contributed by atoms with Gasteiger partial charge in [-0.1, -0.05) is 32.9 Å². The molecular weight excluding hydrogens is 382 g/mol. The highest BCUT2D eigenvalue weighted by atomic mass is 16.4. The van der Waals surface area contributed by atoms with Crippen LogP contribution in [0.25, 0.3) is 0 Å². The number of likely N-dealkylation sites (tertiary alicyclic amines) is 1. The molecule has 2 N–H and O–H groups in total. The van der Waals surface area contributed by atoms with Crippen LogP contribution in [-0.4, -0.2) is 47.3 Å². The van der Waals surface area contributed by atoms with Crippen molar-refractivity contribution >= 4 is 17.8 Å². The summed E-state index contributed by atoms with van der Waals surface area (Å²) in [5.41, 5.74) is -0.0974. The third-order valence-electron chi connectivity index (χ3n) is 6.20. The molecule has 162 valence electrons. The molecule has 0 aromatic carbocycles. The Hall–Kier alpha value is -2.64.